The topological polar surface area (TPSA) is 26.3 Å². The second-order valence-electron chi connectivity index (χ2n) is 5.51. The molecule has 1 aliphatic carbocycles. The standard InChI is InChI=1S/C14H24O2/c1-2-11-3-4-13(9-11)14(15)10-12-5-7-16-8-6-12/h11-13H,2-10H2,1H3. The van der Waals surface area contributed by atoms with Gasteiger partial charge in [0.1, 0.15) is 5.78 Å². The highest BCUT2D eigenvalue weighted by molar-refractivity contribution is 5.81. The third-order valence-electron chi connectivity index (χ3n) is 4.40. The van der Waals surface area contributed by atoms with E-state index in [4.69, 9.17) is 4.74 Å². The number of rotatable bonds is 4. The monoisotopic (exact) mass is 224 g/mol. The number of carbonyl (C=O) groups is 1. The summed E-state index contributed by atoms with van der Waals surface area (Å²) in [6.07, 6.45) is 7.86. The quantitative estimate of drug-likeness (QED) is 0.733. The van der Waals surface area contributed by atoms with Crippen molar-refractivity contribution < 1.29 is 9.53 Å². The van der Waals surface area contributed by atoms with Crippen LogP contribution in [0, 0.1) is 17.8 Å². The zero-order valence-electron chi connectivity index (χ0n) is 10.4. The molecule has 2 aliphatic rings. The van der Waals surface area contributed by atoms with Crippen molar-refractivity contribution in [3.8, 4) is 0 Å². The highest BCUT2D eigenvalue weighted by Gasteiger charge is 2.30. The predicted molar refractivity (Wildman–Crippen MR) is 64.3 cm³/mol. The Labute approximate surface area is 98.7 Å². The van der Waals surface area contributed by atoms with E-state index in [-0.39, 0.29) is 0 Å². The van der Waals surface area contributed by atoms with Crippen LogP contribution in [0.1, 0.15) is 51.9 Å². The smallest absolute Gasteiger partial charge is 0.136 e. The summed E-state index contributed by atoms with van der Waals surface area (Å²) >= 11 is 0. The number of ketones is 1. The van der Waals surface area contributed by atoms with Crippen molar-refractivity contribution in [2.24, 2.45) is 17.8 Å². The number of carbonyl (C=O) groups excluding carboxylic acids is 1. The minimum absolute atomic E-state index is 0.396. The maximum Gasteiger partial charge on any atom is 0.136 e. The Morgan fingerprint density at radius 2 is 1.88 bits per heavy atom. The van der Waals surface area contributed by atoms with Gasteiger partial charge in [-0.1, -0.05) is 13.3 Å². The van der Waals surface area contributed by atoms with E-state index in [2.05, 4.69) is 6.92 Å². The highest BCUT2D eigenvalue weighted by Crippen LogP contribution is 2.35. The molecule has 0 bridgehead atoms. The second-order valence-corrected chi connectivity index (χ2v) is 5.51. The van der Waals surface area contributed by atoms with E-state index in [1.54, 1.807) is 0 Å². The first kappa shape index (κ1) is 12.1. The van der Waals surface area contributed by atoms with Crippen molar-refractivity contribution >= 4 is 5.78 Å². The molecule has 0 aromatic rings. The highest BCUT2D eigenvalue weighted by atomic mass is 16.5. The van der Waals surface area contributed by atoms with Gasteiger partial charge in [-0.3, -0.25) is 4.79 Å². The molecule has 0 aromatic carbocycles. The first-order valence-corrected chi connectivity index (χ1v) is 6.90. The summed E-state index contributed by atoms with van der Waals surface area (Å²) in [5.74, 6) is 2.38. The van der Waals surface area contributed by atoms with Crippen LogP contribution in [0.4, 0.5) is 0 Å². The first-order chi connectivity index (χ1) is 7.79. The van der Waals surface area contributed by atoms with Gasteiger partial charge in [0.05, 0.1) is 0 Å². The van der Waals surface area contributed by atoms with E-state index in [1.165, 1.54) is 19.3 Å². The molecule has 0 radical (unpaired) electrons. The molecule has 0 amide bonds. The van der Waals surface area contributed by atoms with Crippen LogP contribution in [0.3, 0.4) is 0 Å². The van der Waals surface area contributed by atoms with Crippen molar-refractivity contribution in [3.63, 3.8) is 0 Å². The lowest BCUT2D eigenvalue weighted by Crippen LogP contribution is -2.21. The maximum atomic E-state index is 12.1. The van der Waals surface area contributed by atoms with Crippen LogP contribution >= 0.6 is 0 Å². The zero-order valence-corrected chi connectivity index (χ0v) is 10.4. The lowest BCUT2D eigenvalue weighted by Gasteiger charge is -2.22. The van der Waals surface area contributed by atoms with E-state index in [0.29, 0.717) is 17.6 Å². The van der Waals surface area contributed by atoms with Crippen molar-refractivity contribution in [3.05, 3.63) is 0 Å². The molecule has 2 rings (SSSR count). The SMILES string of the molecule is CCC1CCC(C(=O)CC2CCOCC2)C1. The fourth-order valence-corrected chi connectivity index (χ4v) is 3.14. The normalized spacial score (nSPS) is 31.8. The number of ether oxygens (including phenoxy) is 1. The van der Waals surface area contributed by atoms with Crippen LogP contribution in [0.2, 0.25) is 0 Å². The first-order valence-electron chi connectivity index (χ1n) is 6.90. The van der Waals surface area contributed by atoms with Crippen molar-refractivity contribution in [2.75, 3.05) is 13.2 Å². The second kappa shape index (κ2) is 5.81. The van der Waals surface area contributed by atoms with Gasteiger partial charge < -0.3 is 4.74 Å². The summed E-state index contributed by atoms with van der Waals surface area (Å²) in [5, 5.41) is 0. The van der Waals surface area contributed by atoms with E-state index < -0.39 is 0 Å². The van der Waals surface area contributed by atoms with Gasteiger partial charge in [0.15, 0.2) is 0 Å². The van der Waals surface area contributed by atoms with Gasteiger partial charge in [0, 0.05) is 25.6 Å². The Kier molecular flexibility index (Phi) is 4.39. The van der Waals surface area contributed by atoms with Gasteiger partial charge >= 0.3 is 0 Å². The van der Waals surface area contributed by atoms with E-state index in [0.717, 1.165) is 44.8 Å². The van der Waals surface area contributed by atoms with E-state index in [9.17, 15) is 4.79 Å². The van der Waals surface area contributed by atoms with Gasteiger partial charge in [-0.25, -0.2) is 0 Å². The summed E-state index contributed by atoms with van der Waals surface area (Å²) in [6, 6.07) is 0. The Balaban J connectivity index is 1.75. The lowest BCUT2D eigenvalue weighted by molar-refractivity contribution is -0.124. The maximum absolute atomic E-state index is 12.1. The summed E-state index contributed by atoms with van der Waals surface area (Å²) in [7, 11) is 0. The Bertz CT molecular complexity index is 231. The minimum atomic E-state index is 0.396. The fraction of sp³-hybridized carbons (Fsp3) is 0.929. The van der Waals surface area contributed by atoms with Gasteiger partial charge in [0.25, 0.3) is 0 Å². The molecule has 2 atom stereocenters. The molecule has 1 saturated carbocycles. The fourth-order valence-electron chi connectivity index (χ4n) is 3.14. The Morgan fingerprint density at radius 1 is 1.12 bits per heavy atom. The van der Waals surface area contributed by atoms with Crippen LogP contribution in [-0.4, -0.2) is 19.0 Å². The zero-order chi connectivity index (χ0) is 11.4. The molecule has 1 heterocycles. The average Bonchev–Trinajstić information content (AvgIpc) is 2.79. The number of Topliss-reactive ketones (excluding diaryl/α,β-unsaturated/α-hetero) is 1. The molecule has 1 saturated heterocycles. The van der Waals surface area contributed by atoms with Crippen molar-refractivity contribution in [1.82, 2.24) is 0 Å². The van der Waals surface area contributed by atoms with Gasteiger partial charge in [0.2, 0.25) is 0 Å². The molecule has 0 spiro atoms. The molecule has 2 nitrogen and oxygen atoms in total. The average molecular weight is 224 g/mol. The predicted octanol–water partition coefficient (Wildman–Crippen LogP) is 3.20. The molecule has 0 aromatic heterocycles. The summed E-state index contributed by atoms with van der Waals surface area (Å²) in [5.41, 5.74) is 0. The molecular weight excluding hydrogens is 200 g/mol. The van der Waals surface area contributed by atoms with Crippen LogP contribution in [0.25, 0.3) is 0 Å². The molecule has 1 aliphatic heterocycles. The molecule has 2 unspecified atom stereocenters. The van der Waals surface area contributed by atoms with Crippen LogP contribution < -0.4 is 0 Å². The minimum Gasteiger partial charge on any atom is -0.381 e. The van der Waals surface area contributed by atoms with E-state index in [1.807, 2.05) is 0 Å². The van der Waals surface area contributed by atoms with Gasteiger partial charge in [-0.15, -0.1) is 0 Å². The molecule has 92 valence electrons. The third kappa shape index (κ3) is 3.07. The summed E-state index contributed by atoms with van der Waals surface area (Å²) in [4.78, 5) is 12.1. The van der Waals surface area contributed by atoms with Crippen LogP contribution in [0.5, 0.6) is 0 Å². The molecule has 2 fully saturated rings. The van der Waals surface area contributed by atoms with Gasteiger partial charge in [-0.05, 0) is 43.9 Å². The third-order valence-corrected chi connectivity index (χ3v) is 4.40. The molecule has 2 heteroatoms. The van der Waals surface area contributed by atoms with Crippen molar-refractivity contribution in [1.29, 1.82) is 0 Å². The van der Waals surface area contributed by atoms with Gasteiger partial charge in [-0.2, -0.15) is 0 Å². The molecular formula is C14H24O2. The van der Waals surface area contributed by atoms with Crippen LogP contribution in [0.15, 0.2) is 0 Å². The summed E-state index contributed by atoms with van der Waals surface area (Å²) in [6.45, 7) is 3.97. The molecule has 16 heavy (non-hydrogen) atoms. The lowest BCUT2D eigenvalue weighted by atomic mass is 9.88. The Hall–Kier alpha value is -0.370. The summed E-state index contributed by atoms with van der Waals surface area (Å²) < 4.78 is 5.33. The van der Waals surface area contributed by atoms with Crippen molar-refractivity contribution in [2.45, 2.75) is 51.9 Å². The van der Waals surface area contributed by atoms with E-state index >= 15 is 0 Å². The largest absolute Gasteiger partial charge is 0.381 e. The number of hydrogen-bond donors (Lipinski definition) is 0. The van der Waals surface area contributed by atoms with Crippen LogP contribution in [-0.2, 0) is 9.53 Å². The molecule has 0 N–H and O–H groups in total. The number of hydrogen-bond acceptors (Lipinski definition) is 2. The Morgan fingerprint density at radius 3 is 2.50 bits per heavy atom.